The maximum absolute atomic E-state index is 12.9. The third kappa shape index (κ3) is 3.51. The minimum atomic E-state index is -4.57. The number of alkyl halides is 3. The van der Waals surface area contributed by atoms with E-state index in [1.807, 2.05) is 0 Å². The summed E-state index contributed by atoms with van der Waals surface area (Å²) >= 11 is 0. The number of nitrogens with one attached hydrogen (secondary N) is 1. The first kappa shape index (κ1) is 18.9. The number of halogens is 3. The van der Waals surface area contributed by atoms with Crippen LogP contribution in [0.1, 0.15) is 5.56 Å². The van der Waals surface area contributed by atoms with Gasteiger partial charge in [-0.2, -0.15) is 26.7 Å². The van der Waals surface area contributed by atoms with Gasteiger partial charge in [-0.3, -0.25) is 9.35 Å². The first-order valence-corrected chi connectivity index (χ1v) is 8.72. The van der Waals surface area contributed by atoms with Crippen molar-refractivity contribution < 1.29 is 30.9 Å². The molecule has 3 rings (SSSR count). The topological polar surface area (TPSA) is 109 Å². The second-order valence-electron chi connectivity index (χ2n) is 5.50. The summed E-state index contributed by atoms with van der Waals surface area (Å²) in [7, 11) is -3.36. The van der Waals surface area contributed by atoms with Crippen LogP contribution in [0.2, 0.25) is 0 Å². The van der Waals surface area contributed by atoms with Crippen molar-refractivity contribution in [2.45, 2.75) is 11.1 Å². The van der Waals surface area contributed by atoms with Crippen LogP contribution in [0, 0.1) is 0 Å². The lowest BCUT2D eigenvalue weighted by Gasteiger charge is -2.13. The van der Waals surface area contributed by atoms with Crippen LogP contribution in [0.5, 0.6) is 5.75 Å². The molecule has 0 amide bonds. The Morgan fingerprint density at radius 1 is 1.11 bits per heavy atom. The Morgan fingerprint density at radius 3 is 2.41 bits per heavy atom. The zero-order chi connectivity index (χ0) is 20.0. The maximum atomic E-state index is 12.9. The van der Waals surface area contributed by atoms with E-state index in [4.69, 9.17) is 9.29 Å². The number of hydrogen-bond acceptors (Lipinski definition) is 5. The third-order valence-electron chi connectivity index (χ3n) is 3.84. The summed E-state index contributed by atoms with van der Waals surface area (Å²) in [6.07, 6.45) is -4.57. The number of rotatable bonds is 3. The van der Waals surface area contributed by atoms with Gasteiger partial charge in [0, 0.05) is 10.9 Å². The Bertz CT molecular complexity index is 1200. The van der Waals surface area contributed by atoms with Gasteiger partial charge in [0.1, 0.15) is 11.4 Å². The molecule has 0 radical (unpaired) electrons. The molecule has 3 aromatic rings. The standard InChI is InChI=1S/C16H11F3N2O5S/c1-26-13-6-8(16(17,18)19)2-4-11(13)14-10-5-3-9(27(23,24)25)7-12(10)15(22)21-20-14/h2-7H,1H3,(H,21,22)(H,23,24,25). The molecule has 1 aromatic heterocycles. The minimum Gasteiger partial charge on any atom is -0.496 e. The van der Waals surface area contributed by atoms with E-state index in [9.17, 15) is 26.4 Å². The van der Waals surface area contributed by atoms with E-state index in [1.54, 1.807) is 0 Å². The third-order valence-corrected chi connectivity index (χ3v) is 4.69. The monoisotopic (exact) mass is 400 g/mol. The molecule has 0 aliphatic rings. The Balaban J connectivity index is 2.30. The highest BCUT2D eigenvalue weighted by molar-refractivity contribution is 7.85. The fraction of sp³-hybridized carbons (Fsp3) is 0.125. The molecule has 0 atom stereocenters. The molecule has 0 saturated carbocycles. The molecular weight excluding hydrogens is 389 g/mol. The van der Waals surface area contributed by atoms with E-state index in [-0.39, 0.29) is 27.8 Å². The van der Waals surface area contributed by atoms with E-state index < -0.39 is 32.3 Å². The average molecular weight is 400 g/mol. The van der Waals surface area contributed by atoms with Crippen molar-refractivity contribution in [3.05, 3.63) is 52.3 Å². The van der Waals surface area contributed by atoms with Crippen LogP contribution < -0.4 is 10.3 Å². The first-order chi connectivity index (χ1) is 12.5. The molecule has 2 aromatic carbocycles. The van der Waals surface area contributed by atoms with E-state index in [0.717, 1.165) is 30.3 Å². The van der Waals surface area contributed by atoms with Gasteiger partial charge in [-0.05, 0) is 30.3 Å². The number of fused-ring (bicyclic) bond motifs is 1. The van der Waals surface area contributed by atoms with Crippen LogP contribution in [-0.2, 0) is 16.3 Å². The molecule has 0 bridgehead atoms. The predicted octanol–water partition coefficient (Wildman–Crippen LogP) is 2.86. The summed E-state index contributed by atoms with van der Waals surface area (Å²) in [6, 6.07) is 6.00. The summed E-state index contributed by atoms with van der Waals surface area (Å²) < 4.78 is 75.4. The molecule has 142 valence electrons. The summed E-state index contributed by atoms with van der Waals surface area (Å²) in [5.41, 5.74) is -1.42. The smallest absolute Gasteiger partial charge is 0.416 e. The van der Waals surface area contributed by atoms with Gasteiger partial charge in [0.05, 0.1) is 23.0 Å². The summed E-state index contributed by atoms with van der Waals surface area (Å²) in [6.45, 7) is 0. The number of ether oxygens (including phenoxy) is 1. The second kappa shape index (κ2) is 6.35. The molecule has 27 heavy (non-hydrogen) atoms. The maximum Gasteiger partial charge on any atom is 0.416 e. The first-order valence-electron chi connectivity index (χ1n) is 7.28. The van der Waals surface area contributed by atoms with E-state index >= 15 is 0 Å². The zero-order valence-corrected chi connectivity index (χ0v) is 14.4. The van der Waals surface area contributed by atoms with Crippen molar-refractivity contribution in [1.82, 2.24) is 10.2 Å². The normalized spacial score (nSPS) is 12.3. The van der Waals surface area contributed by atoms with Crippen LogP contribution in [0.4, 0.5) is 13.2 Å². The predicted molar refractivity (Wildman–Crippen MR) is 89.2 cm³/mol. The average Bonchev–Trinajstić information content (AvgIpc) is 2.60. The van der Waals surface area contributed by atoms with Crippen molar-refractivity contribution >= 4 is 20.9 Å². The number of nitrogens with zero attached hydrogens (tertiary/aromatic N) is 1. The van der Waals surface area contributed by atoms with E-state index in [2.05, 4.69) is 10.2 Å². The fourth-order valence-electron chi connectivity index (χ4n) is 2.57. The van der Waals surface area contributed by atoms with Crippen molar-refractivity contribution in [1.29, 1.82) is 0 Å². The van der Waals surface area contributed by atoms with Crippen LogP contribution in [-0.4, -0.2) is 30.3 Å². The highest BCUT2D eigenvalue weighted by atomic mass is 32.2. The van der Waals surface area contributed by atoms with Crippen LogP contribution in [0.15, 0.2) is 46.1 Å². The van der Waals surface area contributed by atoms with Gasteiger partial charge in [-0.25, -0.2) is 5.10 Å². The highest BCUT2D eigenvalue weighted by Crippen LogP contribution is 2.38. The Kier molecular flexibility index (Phi) is 4.44. The van der Waals surface area contributed by atoms with Gasteiger partial charge in [-0.15, -0.1) is 0 Å². The molecule has 0 aliphatic heterocycles. The van der Waals surface area contributed by atoms with Gasteiger partial charge in [0.2, 0.25) is 0 Å². The molecule has 2 N–H and O–H groups in total. The number of aromatic nitrogens is 2. The zero-order valence-electron chi connectivity index (χ0n) is 13.5. The van der Waals surface area contributed by atoms with Gasteiger partial charge >= 0.3 is 6.18 Å². The summed E-state index contributed by atoms with van der Waals surface area (Å²) in [4.78, 5) is 11.5. The van der Waals surface area contributed by atoms with Crippen molar-refractivity contribution in [3.63, 3.8) is 0 Å². The van der Waals surface area contributed by atoms with Crippen LogP contribution >= 0.6 is 0 Å². The fourth-order valence-corrected chi connectivity index (χ4v) is 3.08. The van der Waals surface area contributed by atoms with Crippen molar-refractivity contribution in [2.75, 3.05) is 7.11 Å². The van der Waals surface area contributed by atoms with Crippen LogP contribution in [0.3, 0.4) is 0 Å². The lowest BCUT2D eigenvalue weighted by atomic mass is 10.0. The van der Waals surface area contributed by atoms with Crippen LogP contribution in [0.25, 0.3) is 22.0 Å². The quantitative estimate of drug-likeness (QED) is 0.655. The molecule has 0 saturated heterocycles. The van der Waals surface area contributed by atoms with Crippen molar-refractivity contribution in [3.8, 4) is 17.0 Å². The number of aromatic amines is 1. The second-order valence-corrected chi connectivity index (χ2v) is 6.92. The van der Waals surface area contributed by atoms with Gasteiger partial charge in [-0.1, -0.05) is 6.07 Å². The Hall–Kier alpha value is -2.92. The highest BCUT2D eigenvalue weighted by Gasteiger charge is 2.31. The number of H-pyrrole nitrogens is 1. The van der Waals surface area contributed by atoms with Crippen molar-refractivity contribution in [2.24, 2.45) is 0 Å². The molecule has 1 heterocycles. The SMILES string of the molecule is COc1cc(C(F)(F)F)ccc1-c1n[nH]c(=O)c2cc(S(=O)(=O)O)ccc12. The summed E-state index contributed by atoms with van der Waals surface area (Å²) in [5.74, 6) is -0.135. The molecule has 0 spiro atoms. The largest absolute Gasteiger partial charge is 0.496 e. The molecule has 0 unspecified atom stereocenters. The Morgan fingerprint density at radius 2 is 1.81 bits per heavy atom. The lowest BCUT2D eigenvalue weighted by Crippen LogP contribution is -2.11. The molecule has 7 nitrogen and oxygen atoms in total. The van der Waals surface area contributed by atoms with E-state index in [1.165, 1.54) is 13.2 Å². The molecule has 0 fully saturated rings. The number of benzene rings is 2. The lowest BCUT2D eigenvalue weighted by molar-refractivity contribution is -0.137. The molecule has 0 aliphatic carbocycles. The van der Waals surface area contributed by atoms with E-state index in [0.29, 0.717) is 0 Å². The van der Waals surface area contributed by atoms with Gasteiger partial charge in [0.25, 0.3) is 15.7 Å². The Labute approximate surface area is 150 Å². The molecule has 11 heteroatoms. The molecular formula is C16H11F3N2O5S. The number of methoxy groups -OCH3 is 1. The minimum absolute atomic E-state index is 0.0806. The summed E-state index contributed by atoms with van der Waals surface area (Å²) in [5, 5.41) is 6.07. The number of hydrogen-bond donors (Lipinski definition) is 2. The van der Waals surface area contributed by atoms with Gasteiger partial charge in [0.15, 0.2) is 0 Å². The van der Waals surface area contributed by atoms with Gasteiger partial charge < -0.3 is 4.74 Å².